The lowest BCUT2D eigenvalue weighted by Gasteiger charge is -2.39. The molecule has 5 heteroatoms. The van der Waals surface area contributed by atoms with E-state index in [-0.39, 0.29) is 17.7 Å². The Morgan fingerprint density at radius 2 is 1.68 bits per heavy atom. The van der Waals surface area contributed by atoms with Crippen LogP contribution in [0.1, 0.15) is 38.2 Å². The molecule has 2 saturated heterocycles. The van der Waals surface area contributed by atoms with Crippen LogP contribution in [0.3, 0.4) is 0 Å². The highest BCUT2D eigenvalue weighted by molar-refractivity contribution is 5.92. The summed E-state index contributed by atoms with van der Waals surface area (Å²) in [5, 5.41) is 0. The number of benzene rings is 1. The Kier molecular flexibility index (Phi) is 7.26. The fourth-order valence-corrected chi connectivity index (χ4v) is 4.27. The van der Waals surface area contributed by atoms with Crippen molar-refractivity contribution in [3.05, 3.63) is 42.0 Å². The lowest BCUT2D eigenvalue weighted by molar-refractivity contribution is -0.140. The van der Waals surface area contributed by atoms with Crippen LogP contribution in [0.25, 0.3) is 6.08 Å². The van der Waals surface area contributed by atoms with Crippen molar-refractivity contribution in [2.24, 2.45) is 5.92 Å². The quantitative estimate of drug-likeness (QED) is 0.735. The van der Waals surface area contributed by atoms with Gasteiger partial charge in [-0.3, -0.25) is 9.59 Å². The molecule has 1 aromatic rings. The van der Waals surface area contributed by atoms with E-state index in [1.165, 1.54) is 0 Å². The third kappa shape index (κ3) is 5.22. The van der Waals surface area contributed by atoms with Gasteiger partial charge in [-0.1, -0.05) is 37.3 Å². The van der Waals surface area contributed by atoms with E-state index in [0.717, 1.165) is 50.9 Å². The van der Waals surface area contributed by atoms with Crippen LogP contribution in [-0.2, 0) is 9.59 Å². The Balaban J connectivity index is 1.46. The minimum absolute atomic E-state index is 0.0371. The number of rotatable bonds is 5. The maximum absolute atomic E-state index is 12.9. The average molecular weight is 384 g/mol. The zero-order chi connectivity index (χ0) is 19.9. The van der Waals surface area contributed by atoms with Gasteiger partial charge in [0.05, 0.1) is 0 Å². The Bertz CT molecular complexity index is 672. The molecule has 0 aromatic heterocycles. The second kappa shape index (κ2) is 9.87. The number of hydrogen-bond acceptors (Lipinski definition) is 3. The molecule has 2 amide bonds. The lowest BCUT2D eigenvalue weighted by Crippen LogP contribution is -2.49. The second-order valence-corrected chi connectivity index (χ2v) is 7.96. The minimum Gasteiger partial charge on any atom is -0.342 e. The highest BCUT2D eigenvalue weighted by atomic mass is 16.2. The van der Waals surface area contributed by atoms with E-state index >= 15 is 0 Å². The van der Waals surface area contributed by atoms with Gasteiger partial charge in [-0.25, -0.2) is 0 Å². The summed E-state index contributed by atoms with van der Waals surface area (Å²) in [4.78, 5) is 31.7. The third-order valence-corrected chi connectivity index (χ3v) is 6.27. The molecule has 0 N–H and O–H groups in total. The molecule has 0 saturated carbocycles. The van der Waals surface area contributed by atoms with Crippen LogP contribution < -0.4 is 0 Å². The van der Waals surface area contributed by atoms with Crippen molar-refractivity contribution in [2.75, 3.05) is 39.8 Å². The van der Waals surface area contributed by atoms with Gasteiger partial charge in [0, 0.05) is 51.3 Å². The van der Waals surface area contributed by atoms with E-state index in [4.69, 9.17) is 0 Å². The van der Waals surface area contributed by atoms with E-state index in [0.29, 0.717) is 19.1 Å². The Morgan fingerprint density at radius 3 is 2.29 bits per heavy atom. The highest BCUT2D eigenvalue weighted by Crippen LogP contribution is 2.23. The van der Waals surface area contributed by atoms with Gasteiger partial charge < -0.3 is 14.7 Å². The SMILES string of the molecule is CCN1CCC(N(C)C(=O)C2CCN(C(=O)C=Cc3ccccc3)CC2)CC1. The fourth-order valence-electron chi connectivity index (χ4n) is 4.27. The molecule has 0 spiro atoms. The number of likely N-dealkylation sites (tertiary alicyclic amines) is 2. The lowest BCUT2D eigenvalue weighted by atomic mass is 9.93. The first kappa shape index (κ1) is 20.6. The molecule has 0 atom stereocenters. The van der Waals surface area contributed by atoms with E-state index in [9.17, 15) is 9.59 Å². The van der Waals surface area contributed by atoms with Gasteiger partial charge in [-0.05, 0) is 43.9 Å². The molecule has 0 bridgehead atoms. The summed E-state index contributed by atoms with van der Waals surface area (Å²) < 4.78 is 0. The van der Waals surface area contributed by atoms with Gasteiger partial charge in [-0.2, -0.15) is 0 Å². The molecule has 2 heterocycles. The monoisotopic (exact) mass is 383 g/mol. The van der Waals surface area contributed by atoms with Crippen LogP contribution >= 0.6 is 0 Å². The molecule has 2 aliphatic heterocycles. The molecule has 0 radical (unpaired) electrons. The van der Waals surface area contributed by atoms with Crippen molar-refractivity contribution in [1.82, 2.24) is 14.7 Å². The van der Waals surface area contributed by atoms with E-state index < -0.39 is 0 Å². The van der Waals surface area contributed by atoms with E-state index in [1.807, 2.05) is 53.3 Å². The van der Waals surface area contributed by atoms with Crippen molar-refractivity contribution in [2.45, 2.75) is 38.6 Å². The van der Waals surface area contributed by atoms with Gasteiger partial charge in [0.1, 0.15) is 0 Å². The first-order chi connectivity index (χ1) is 13.6. The normalized spacial score (nSPS) is 19.9. The van der Waals surface area contributed by atoms with Crippen LogP contribution in [0, 0.1) is 5.92 Å². The summed E-state index contributed by atoms with van der Waals surface area (Å²) in [5.74, 6) is 0.355. The van der Waals surface area contributed by atoms with E-state index in [1.54, 1.807) is 6.08 Å². The number of hydrogen-bond donors (Lipinski definition) is 0. The van der Waals surface area contributed by atoms with Gasteiger partial charge in [0.25, 0.3) is 0 Å². The van der Waals surface area contributed by atoms with Gasteiger partial charge in [0.15, 0.2) is 0 Å². The van der Waals surface area contributed by atoms with Gasteiger partial charge in [0.2, 0.25) is 11.8 Å². The number of nitrogens with zero attached hydrogens (tertiary/aromatic N) is 3. The largest absolute Gasteiger partial charge is 0.342 e. The third-order valence-electron chi connectivity index (χ3n) is 6.27. The number of amides is 2. The fraction of sp³-hybridized carbons (Fsp3) is 0.565. The zero-order valence-corrected chi connectivity index (χ0v) is 17.2. The summed E-state index contributed by atoms with van der Waals surface area (Å²) in [5.41, 5.74) is 1.02. The molecule has 5 nitrogen and oxygen atoms in total. The van der Waals surface area contributed by atoms with Gasteiger partial charge in [-0.15, -0.1) is 0 Å². The van der Waals surface area contributed by atoms with Crippen molar-refractivity contribution in [3.8, 4) is 0 Å². The summed E-state index contributed by atoms with van der Waals surface area (Å²) in [6.45, 7) is 6.78. The maximum Gasteiger partial charge on any atom is 0.246 e. The highest BCUT2D eigenvalue weighted by Gasteiger charge is 2.32. The van der Waals surface area contributed by atoms with Crippen LogP contribution in [0.15, 0.2) is 36.4 Å². The van der Waals surface area contributed by atoms with Gasteiger partial charge >= 0.3 is 0 Å². The average Bonchev–Trinajstić information content (AvgIpc) is 2.77. The molecule has 28 heavy (non-hydrogen) atoms. The molecular weight excluding hydrogens is 350 g/mol. The Hall–Kier alpha value is -2.14. The molecule has 152 valence electrons. The smallest absolute Gasteiger partial charge is 0.246 e. The summed E-state index contributed by atoms with van der Waals surface area (Å²) in [6.07, 6.45) is 7.17. The minimum atomic E-state index is 0.0371. The summed E-state index contributed by atoms with van der Waals surface area (Å²) in [7, 11) is 1.97. The summed E-state index contributed by atoms with van der Waals surface area (Å²) in [6, 6.07) is 10.2. The second-order valence-electron chi connectivity index (χ2n) is 7.96. The molecule has 2 aliphatic rings. The van der Waals surface area contributed by atoms with Crippen molar-refractivity contribution < 1.29 is 9.59 Å². The Morgan fingerprint density at radius 1 is 1.04 bits per heavy atom. The van der Waals surface area contributed by atoms with Crippen molar-refractivity contribution in [1.29, 1.82) is 0 Å². The first-order valence-corrected chi connectivity index (χ1v) is 10.6. The van der Waals surface area contributed by atoms with Crippen LogP contribution in [0.5, 0.6) is 0 Å². The first-order valence-electron chi connectivity index (χ1n) is 10.6. The Labute approximate surface area is 169 Å². The van der Waals surface area contributed by atoms with Crippen LogP contribution in [-0.4, -0.2) is 72.3 Å². The predicted molar refractivity (Wildman–Crippen MR) is 113 cm³/mol. The maximum atomic E-state index is 12.9. The number of piperidine rings is 2. The van der Waals surface area contributed by atoms with Crippen LogP contribution in [0.4, 0.5) is 0 Å². The molecule has 0 unspecified atom stereocenters. The standard InChI is InChI=1S/C23H33N3O2/c1-3-25-15-13-21(14-16-25)24(2)23(28)20-11-17-26(18-12-20)22(27)10-9-19-7-5-4-6-8-19/h4-10,20-21H,3,11-18H2,1-2H3. The number of carbonyl (C=O) groups is 2. The predicted octanol–water partition coefficient (Wildman–Crippen LogP) is 2.88. The van der Waals surface area contributed by atoms with E-state index in [2.05, 4.69) is 11.8 Å². The zero-order valence-electron chi connectivity index (χ0n) is 17.2. The van der Waals surface area contributed by atoms with Crippen LogP contribution in [0.2, 0.25) is 0 Å². The topological polar surface area (TPSA) is 43.9 Å². The molecule has 2 fully saturated rings. The summed E-state index contributed by atoms with van der Waals surface area (Å²) >= 11 is 0. The molecule has 0 aliphatic carbocycles. The molecule has 1 aromatic carbocycles. The number of carbonyl (C=O) groups excluding carboxylic acids is 2. The van der Waals surface area contributed by atoms with Crippen molar-refractivity contribution in [3.63, 3.8) is 0 Å². The molecule has 3 rings (SSSR count). The molecular formula is C23H33N3O2. The van der Waals surface area contributed by atoms with Crippen molar-refractivity contribution >= 4 is 17.9 Å².